The Kier molecular flexibility index (Phi) is 3.00. The van der Waals surface area contributed by atoms with Gasteiger partial charge in [0.25, 0.3) is 5.91 Å². The fourth-order valence-electron chi connectivity index (χ4n) is 1.75. The highest BCUT2D eigenvalue weighted by Crippen LogP contribution is 2.13. The zero-order chi connectivity index (χ0) is 13.9. The summed E-state index contributed by atoms with van der Waals surface area (Å²) in [5, 5.41) is 13.3. The highest BCUT2D eigenvalue weighted by Gasteiger charge is 2.11. The van der Waals surface area contributed by atoms with Crippen molar-refractivity contribution in [1.82, 2.24) is 25.0 Å². The van der Waals surface area contributed by atoms with E-state index in [1.54, 1.807) is 29.9 Å². The molecule has 3 aromatic rings. The first kappa shape index (κ1) is 12.1. The Morgan fingerprint density at radius 2 is 2.10 bits per heavy atom. The quantitative estimate of drug-likeness (QED) is 0.754. The fraction of sp³-hybridized carbons (Fsp3) is 0.0769. The van der Waals surface area contributed by atoms with E-state index < -0.39 is 0 Å². The van der Waals surface area contributed by atoms with E-state index in [0.717, 1.165) is 5.69 Å². The predicted octanol–water partition coefficient (Wildman–Crippen LogP) is 1.55. The lowest BCUT2D eigenvalue weighted by Crippen LogP contribution is -2.13. The summed E-state index contributed by atoms with van der Waals surface area (Å²) in [6, 6.07) is 9.18. The minimum absolute atomic E-state index is 0.124. The van der Waals surface area contributed by atoms with E-state index in [4.69, 9.17) is 0 Å². The normalized spacial score (nSPS) is 10.4. The third kappa shape index (κ3) is 2.41. The van der Waals surface area contributed by atoms with Gasteiger partial charge in [0.15, 0.2) is 0 Å². The number of amides is 1. The molecule has 0 saturated heterocycles. The number of carbonyl (C=O) groups excluding carboxylic acids is 1. The summed E-state index contributed by atoms with van der Waals surface area (Å²) in [5.74, 6) is 0.379. The van der Waals surface area contributed by atoms with Crippen molar-refractivity contribution >= 4 is 11.6 Å². The topological polar surface area (TPSA) is 88.5 Å². The van der Waals surface area contributed by atoms with E-state index in [0.29, 0.717) is 11.5 Å². The molecule has 0 unspecified atom stereocenters. The highest BCUT2D eigenvalue weighted by atomic mass is 16.2. The van der Waals surface area contributed by atoms with E-state index in [1.807, 2.05) is 24.4 Å². The molecule has 0 aliphatic heterocycles. The second kappa shape index (κ2) is 4.96. The minimum Gasteiger partial charge on any atom is -0.319 e. The summed E-state index contributed by atoms with van der Waals surface area (Å²) in [6.07, 6.45) is 3.56. The third-order valence-corrected chi connectivity index (χ3v) is 2.69. The van der Waals surface area contributed by atoms with Crippen LogP contribution in [0.25, 0.3) is 5.69 Å². The lowest BCUT2D eigenvalue weighted by Gasteiger charge is -2.05. The molecule has 0 spiro atoms. The predicted molar refractivity (Wildman–Crippen MR) is 72.6 cm³/mol. The van der Waals surface area contributed by atoms with Crippen molar-refractivity contribution in [1.29, 1.82) is 0 Å². The van der Waals surface area contributed by atoms with Crippen LogP contribution in [0.15, 0.2) is 42.7 Å². The Labute approximate surface area is 114 Å². The molecule has 100 valence electrons. The second-order valence-electron chi connectivity index (χ2n) is 4.20. The van der Waals surface area contributed by atoms with Crippen LogP contribution in [0.5, 0.6) is 0 Å². The minimum atomic E-state index is -0.346. The summed E-state index contributed by atoms with van der Waals surface area (Å²) in [6.45, 7) is 1.74. The first-order valence-electron chi connectivity index (χ1n) is 6.03. The fourth-order valence-corrected chi connectivity index (χ4v) is 1.75. The number of nitrogens with zero attached hydrogens (tertiary/aromatic N) is 4. The maximum absolute atomic E-state index is 11.9. The molecule has 2 N–H and O–H groups in total. The van der Waals surface area contributed by atoms with Gasteiger partial charge in [-0.15, -0.1) is 5.10 Å². The number of aromatic amines is 1. The number of carbonyl (C=O) groups is 1. The summed E-state index contributed by atoms with van der Waals surface area (Å²) >= 11 is 0. The molecule has 0 aliphatic carbocycles. The lowest BCUT2D eigenvalue weighted by molar-refractivity contribution is 0.101. The van der Waals surface area contributed by atoms with Crippen LogP contribution in [-0.2, 0) is 0 Å². The van der Waals surface area contributed by atoms with E-state index in [-0.39, 0.29) is 11.7 Å². The van der Waals surface area contributed by atoms with Crippen molar-refractivity contribution in [2.24, 2.45) is 0 Å². The van der Waals surface area contributed by atoms with Gasteiger partial charge in [-0.25, -0.2) is 9.67 Å². The van der Waals surface area contributed by atoms with E-state index in [9.17, 15) is 4.79 Å². The largest absolute Gasteiger partial charge is 0.319 e. The van der Waals surface area contributed by atoms with Crippen LogP contribution in [0, 0.1) is 6.92 Å². The van der Waals surface area contributed by atoms with Crippen LogP contribution in [-0.4, -0.2) is 30.9 Å². The number of rotatable bonds is 3. The van der Waals surface area contributed by atoms with Gasteiger partial charge in [-0.2, -0.15) is 5.10 Å². The van der Waals surface area contributed by atoms with E-state index in [1.165, 1.54) is 0 Å². The Balaban J connectivity index is 1.74. The van der Waals surface area contributed by atoms with Gasteiger partial charge in [0, 0.05) is 18.1 Å². The summed E-state index contributed by atoms with van der Waals surface area (Å²) in [5.41, 5.74) is 1.59. The number of aryl methyl sites for hydroxylation is 1. The Bertz CT molecular complexity index is 714. The average Bonchev–Trinajstić information content (AvgIpc) is 3.10. The zero-order valence-electron chi connectivity index (χ0n) is 10.7. The molecule has 0 saturated carbocycles. The van der Waals surface area contributed by atoms with Gasteiger partial charge in [-0.3, -0.25) is 9.89 Å². The monoisotopic (exact) mass is 268 g/mol. The van der Waals surface area contributed by atoms with E-state index in [2.05, 4.69) is 25.6 Å². The number of aromatic nitrogens is 5. The van der Waals surface area contributed by atoms with Gasteiger partial charge in [-0.05, 0) is 37.3 Å². The molecule has 1 amide bonds. The van der Waals surface area contributed by atoms with Crippen LogP contribution in [0.2, 0.25) is 0 Å². The summed E-state index contributed by atoms with van der Waals surface area (Å²) in [7, 11) is 0. The van der Waals surface area contributed by atoms with Crippen LogP contribution in [0.4, 0.5) is 5.69 Å². The van der Waals surface area contributed by atoms with Crippen molar-refractivity contribution in [3.8, 4) is 5.69 Å². The lowest BCUT2D eigenvalue weighted by atomic mass is 10.3. The molecular formula is C13H12N6O. The van der Waals surface area contributed by atoms with Gasteiger partial charge >= 0.3 is 0 Å². The maximum atomic E-state index is 11.9. The van der Waals surface area contributed by atoms with Crippen molar-refractivity contribution in [2.45, 2.75) is 6.92 Å². The SMILES string of the molecule is Cc1nc(C(=O)Nc2ccc(-n3cccn3)cc2)n[nH]1. The third-order valence-electron chi connectivity index (χ3n) is 2.69. The van der Waals surface area contributed by atoms with Gasteiger partial charge in [0.1, 0.15) is 5.82 Å². The second-order valence-corrected chi connectivity index (χ2v) is 4.20. The van der Waals surface area contributed by atoms with Crippen LogP contribution < -0.4 is 5.32 Å². The first-order valence-corrected chi connectivity index (χ1v) is 6.03. The number of nitrogens with one attached hydrogen (secondary N) is 2. The van der Waals surface area contributed by atoms with Gasteiger partial charge in [0.05, 0.1) is 5.69 Å². The molecule has 0 aliphatic rings. The molecule has 0 bridgehead atoms. The van der Waals surface area contributed by atoms with Crippen molar-refractivity contribution in [3.05, 3.63) is 54.4 Å². The summed E-state index contributed by atoms with van der Waals surface area (Å²) < 4.78 is 1.74. The Morgan fingerprint density at radius 3 is 2.70 bits per heavy atom. The molecule has 2 aromatic heterocycles. The molecule has 0 radical (unpaired) electrons. The molecule has 2 heterocycles. The number of hydrogen-bond acceptors (Lipinski definition) is 4. The maximum Gasteiger partial charge on any atom is 0.295 e. The van der Waals surface area contributed by atoms with Crippen molar-refractivity contribution in [2.75, 3.05) is 5.32 Å². The molecule has 7 heteroatoms. The van der Waals surface area contributed by atoms with E-state index >= 15 is 0 Å². The summed E-state index contributed by atoms with van der Waals surface area (Å²) in [4.78, 5) is 15.8. The zero-order valence-corrected chi connectivity index (χ0v) is 10.7. The van der Waals surface area contributed by atoms with Crippen molar-refractivity contribution < 1.29 is 4.79 Å². The highest BCUT2D eigenvalue weighted by molar-refractivity contribution is 6.01. The van der Waals surface area contributed by atoms with Gasteiger partial charge < -0.3 is 5.32 Å². The van der Waals surface area contributed by atoms with Gasteiger partial charge in [-0.1, -0.05) is 0 Å². The smallest absolute Gasteiger partial charge is 0.295 e. The van der Waals surface area contributed by atoms with Crippen LogP contribution >= 0.6 is 0 Å². The molecule has 0 fully saturated rings. The number of anilines is 1. The van der Waals surface area contributed by atoms with Crippen LogP contribution in [0.1, 0.15) is 16.4 Å². The Hall–Kier alpha value is -2.96. The molecule has 1 aromatic carbocycles. The molecule has 3 rings (SSSR count). The van der Waals surface area contributed by atoms with Gasteiger partial charge in [0.2, 0.25) is 5.82 Å². The molecular weight excluding hydrogens is 256 g/mol. The molecule has 7 nitrogen and oxygen atoms in total. The average molecular weight is 268 g/mol. The van der Waals surface area contributed by atoms with Crippen LogP contribution in [0.3, 0.4) is 0 Å². The molecule has 20 heavy (non-hydrogen) atoms. The van der Waals surface area contributed by atoms with Crippen molar-refractivity contribution in [3.63, 3.8) is 0 Å². The Morgan fingerprint density at radius 1 is 1.30 bits per heavy atom. The first-order chi connectivity index (χ1) is 9.72. The number of benzene rings is 1. The number of H-pyrrole nitrogens is 1. The number of hydrogen-bond donors (Lipinski definition) is 2. The standard InChI is InChI=1S/C13H12N6O/c1-9-15-12(18-17-9)13(20)16-10-3-5-11(6-4-10)19-8-2-7-14-19/h2-8H,1H3,(H,16,20)(H,15,17,18). The molecule has 0 atom stereocenters.